The summed E-state index contributed by atoms with van der Waals surface area (Å²) in [6.07, 6.45) is 0. The molecule has 0 radical (unpaired) electrons. The minimum atomic E-state index is -6.00. The summed E-state index contributed by atoms with van der Waals surface area (Å²) in [4.78, 5) is 3.55. The van der Waals surface area contributed by atoms with Crippen LogP contribution >= 0.6 is 0 Å². The highest BCUT2D eigenvalue weighted by Gasteiger charge is 2.20. The standard InChI is InChI=1S/C23H19NO2.BF4/c1-25-19-13-11-18(12-14-19)23-15-21(20-9-5-6-10-22(20)26-23)24-16-17-7-3-2-4-8-17;2-1(3,4)5/h2-15H,16H2,1H3;/q;-1/p+1. The van der Waals surface area contributed by atoms with E-state index < -0.39 is 7.25 Å². The van der Waals surface area contributed by atoms with E-state index in [1.165, 1.54) is 5.56 Å². The number of rotatable bonds is 4. The van der Waals surface area contributed by atoms with Gasteiger partial charge in [0.05, 0.1) is 18.6 Å². The van der Waals surface area contributed by atoms with Gasteiger partial charge >= 0.3 is 7.25 Å². The van der Waals surface area contributed by atoms with Crippen molar-refractivity contribution in [3.8, 4) is 17.1 Å². The molecule has 0 saturated carbocycles. The quantitative estimate of drug-likeness (QED) is 0.381. The average molecular weight is 429 g/mol. The SMILES string of the molecule is COc1ccc(-c2cc(=[NH+]Cc3ccccc3)c3ccccc3o2)cc1.F[B-](F)(F)F. The molecule has 0 fully saturated rings. The van der Waals surface area contributed by atoms with Crippen LogP contribution in [0.4, 0.5) is 17.3 Å². The maximum atomic E-state index is 9.75. The molecule has 1 heterocycles. The first kappa shape index (κ1) is 22.1. The van der Waals surface area contributed by atoms with E-state index in [1.54, 1.807) is 7.11 Å². The summed E-state index contributed by atoms with van der Waals surface area (Å²) in [6.45, 7) is 0.761. The third-order valence-corrected chi connectivity index (χ3v) is 4.37. The van der Waals surface area contributed by atoms with Gasteiger partial charge in [0.1, 0.15) is 17.1 Å². The molecule has 0 unspecified atom stereocenters. The lowest BCUT2D eigenvalue weighted by Gasteiger charge is -2.04. The van der Waals surface area contributed by atoms with E-state index in [9.17, 15) is 17.3 Å². The normalized spacial score (nSPS) is 11.7. The number of halogens is 4. The highest BCUT2D eigenvalue weighted by atomic mass is 19.5. The summed E-state index contributed by atoms with van der Waals surface area (Å²) in [5.74, 6) is 1.65. The molecule has 4 rings (SSSR count). The van der Waals surface area contributed by atoms with E-state index in [-0.39, 0.29) is 0 Å². The van der Waals surface area contributed by atoms with Crippen LogP contribution in [0.15, 0.2) is 89.3 Å². The molecule has 1 aromatic heterocycles. The van der Waals surface area contributed by atoms with Gasteiger partial charge in [0.15, 0.2) is 6.54 Å². The van der Waals surface area contributed by atoms with Crippen LogP contribution < -0.4 is 15.1 Å². The van der Waals surface area contributed by atoms with Crippen LogP contribution in [0.3, 0.4) is 0 Å². The van der Waals surface area contributed by atoms with Gasteiger partial charge < -0.3 is 26.4 Å². The number of hydrogen-bond acceptors (Lipinski definition) is 2. The first-order chi connectivity index (χ1) is 14.8. The van der Waals surface area contributed by atoms with Crippen LogP contribution in [0.2, 0.25) is 0 Å². The summed E-state index contributed by atoms with van der Waals surface area (Å²) in [5, 5.41) is 2.13. The predicted molar refractivity (Wildman–Crippen MR) is 113 cm³/mol. The molecule has 0 amide bonds. The minimum Gasteiger partial charge on any atom is -0.497 e. The number of para-hydroxylation sites is 1. The first-order valence-electron chi connectivity index (χ1n) is 9.49. The van der Waals surface area contributed by atoms with Gasteiger partial charge in [-0.15, -0.1) is 0 Å². The van der Waals surface area contributed by atoms with E-state index in [4.69, 9.17) is 9.15 Å². The van der Waals surface area contributed by atoms with Crippen LogP contribution in [0.25, 0.3) is 22.3 Å². The molecule has 0 atom stereocenters. The molecule has 3 nitrogen and oxygen atoms in total. The highest BCUT2D eigenvalue weighted by molar-refractivity contribution is 6.50. The Labute approximate surface area is 176 Å². The zero-order valence-electron chi connectivity index (χ0n) is 16.7. The van der Waals surface area contributed by atoms with E-state index in [2.05, 4.69) is 41.4 Å². The Morgan fingerprint density at radius 3 is 2.10 bits per heavy atom. The highest BCUT2D eigenvalue weighted by Crippen LogP contribution is 2.23. The second-order valence-corrected chi connectivity index (χ2v) is 6.58. The summed E-state index contributed by atoms with van der Waals surface area (Å²) in [7, 11) is -4.33. The predicted octanol–water partition coefficient (Wildman–Crippen LogP) is 4.59. The Morgan fingerprint density at radius 2 is 1.45 bits per heavy atom. The van der Waals surface area contributed by atoms with E-state index >= 15 is 0 Å². The lowest BCUT2D eigenvalue weighted by atomic mass is 10.1. The van der Waals surface area contributed by atoms with Gasteiger partial charge in [-0.1, -0.05) is 42.5 Å². The molecule has 160 valence electrons. The van der Waals surface area contributed by atoms with Crippen LogP contribution in [0.1, 0.15) is 5.56 Å². The molecule has 0 aliphatic carbocycles. The molecule has 3 aromatic carbocycles. The van der Waals surface area contributed by atoms with Crippen molar-refractivity contribution in [3.63, 3.8) is 0 Å². The average Bonchev–Trinajstić information content (AvgIpc) is 2.77. The fourth-order valence-corrected chi connectivity index (χ4v) is 2.97. The summed E-state index contributed by atoms with van der Waals surface area (Å²) in [6, 6.07) is 28.4. The maximum Gasteiger partial charge on any atom is 0.673 e. The summed E-state index contributed by atoms with van der Waals surface area (Å²) >= 11 is 0. The number of benzene rings is 3. The van der Waals surface area contributed by atoms with E-state index in [0.717, 1.165) is 39.9 Å². The van der Waals surface area contributed by atoms with Crippen molar-refractivity contribution < 1.29 is 31.4 Å². The number of nitrogens with one attached hydrogen (secondary N) is 1. The van der Waals surface area contributed by atoms with Crippen molar-refractivity contribution in [2.75, 3.05) is 7.11 Å². The molecule has 0 aliphatic heterocycles. The zero-order chi connectivity index (χ0) is 22.3. The van der Waals surface area contributed by atoms with Crippen molar-refractivity contribution >= 4 is 18.2 Å². The summed E-state index contributed by atoms with van der Waals surface area (Å²) in [5.41, 5.74) is 3.11. The second-order valence-electron chi connectivity index (χ2n) is 6.58. The number of methoxy groups -OCH3 is 1. The number of ether oxygens (including phenoxy) is 1. The van der Waals surface area contributed by atoms with Gasteiger partial charge in [-0.25, -0.2) is 4.99 Å². The lowest BCUT2D eigenvalue weighted by Crippen LogP contribution is -2.75. The van der Waals surface area contributed by atoms with Crippen LogP contribution in [0.5, 0.6) is 5.75 Å². The fourth-order valence-electron chi connectivity index (χ4n) is 2.97. The third-order valence-electron chi connectivity index (χ3n) is 4.37. The Bertz CT molecular complexity index is 1180. The van der Waals surface area contributed by atoms with Gasteiger partial charge in [-0.3, -0.25) is 0 Å². The fraction of sp³-hybridized carbons (Fsp3) is 0.0870. The van der Waals surface area contributed by atoms with Crippen molar-refractivity contribution in [3.05, 3.63) is 95.8 Å². The first-order valence-corrected chi connectivity index (χ1v) is 9.49. The Kier molecular flexibility index (Phi) is 7.13. The summed E-state index contributed by atoms with van der Waals surface area (Å²) < 4.78 is 50.4. The lowest BCUT2D eigenvalue weighted by molar-refractivity contribution is -0.516. The van der Waals surface area contributed by atoms with Crippen LogP contribution in [0, 0.1) is 0 Å². The van der Waals surface area contributed by atoms with E-state index in [1.807, 2.05) is 48.5 Å². The van der Waals surface area contributed by atoms with E-state index in [0.29, 0.717) is 0 Å². The Morgan fingerprint density at radius 1 is 0.839 bits per heavy atom. The topological polar surface area (TPSA) is 36.3 Å². The minimum absolute atomic E-state index is 0.761. The molecule has 0 saturated heterocycles. The molecule has 0 aliphatic rings. The monoisotopic (exact) mass is 429 g/mol. The number of fused-ring (bicyclic) bond motifs is 1. The van der Waals surface area contributed by atoms with Crippen molar-refractivity contribution in [2.45, 2.75) is 6.54 Å². The van der Waals surface area contributed by atoms with Crippen LogP contribution in [-0.2, 0) is 6.54 Å². The zero-order valence-corrected chi connectivity index (χ0v) is 16.7. The van der Waals surface area contributed by atoms with Crippen molar-refractivity contribution in [2.24, 2.45) is 0 Å². The molecule has 0 spiro atoms. The molecular formula is C23H20BF4NO2. The molecule has 1 N–H and O–H groups in total. The van der Waals surface area contributed by atoms with Crippen molar-refractivity contribution in [1.82, 2.24) is 0 Å². The molecule has 8 heteroatoms. The van der Waals surface area contributed by atoms with Gasteiger partial charge in [0.2, 0.25) is 5.36 Å². The van der Waals surface area contributed by atoms with Crippen LogP contribution in [-0.4, -0.2) is 14.4 Å². The van der Waals surface area contributed by atoms with Gasteiger partial charge in [-0.2, -0.15) is 0 Å². The van der Waals surface area contributed by atoms with Gasteiger partial charge in [0.25, 0.3) is 0 Å². The molecule has 0 bridgehead atoms. The van der Waals surface area contributed by atoms with Gasteiger partial charge in [0, 0.05) is 11.1 Å². The molecule has 4 aromatic rings. The third kappa shape index (κ3) is 6.74. The second kappa shape index (κ2) is 9.97. The largest absolute Gasteiger partial charge is 0.673 e. The number of hydrogen-bond donors (Lipinski definition) is 1. The molecular weight excluding hydrogens is 409 g/mol. The van der Waals surface area contributed by atoms with Crippen molar-refractivity contribution in [1.29, 1.82) is 0 Å². The Balaban J connectivity index is 0.000000491. The Hall–Kier alpha value is -3.55. The van der Waals surface area contributed by atoms with Gasteiger partial charge in [-0.05, 0) is 36.4 Å². The maximum absolute atomic E-state index is 9.75. The smallest absolute Gasteiger partial charge is 0.497 e. The molecule has 31 heavy (non-hydrogen) atoms.